The second-order valence-corrected chi connectivity index (χ2v) is 22.6. The standard InChI is InChI=1S/C61H113N2O7P/c1-7-10-13-16-19-22-25-27-28-29-30-31-32-33-34-36-39-42-45-48-51-54-61(65)70-59(52-49-46-43-40-38-35-26-23-20-17-14-11-8-2)58(57-69-71(66,67)68-56-55-63(4,5)6)62-60(64)53-50-47-44-41-37-24-21-18-15-12-9-3/h19,22,27-28,30-31,33-34,49,52,58-59H,7-18,20-21,23-26,29,32,35-48,50-51,53-57H2,1-6H3,(H-,62,64,66,67)/p+1/b22-19-,28-27-,31-30-,34-33-,52-49-. The van der Waals surface area contributed by atoms with Crippen molar-refractivity contribution < 1.29 is 37.3 Å². The predicted molar refractivity (Wildman–Crippen MR) is 305 cm³/mol. The molecule has 0 aromatic rings. The third-order valence-corrected chi connectivity index (χ3v) is 13.9. The summed E-state index contributed by atoms with van der Waals surface area (Å²) in [6, 6.07) is -0.854. The summed E-state index contributed by atoms with van der Waals surface area (Å²) < 4.78 is 30.6. The van der Waals surface area contributed by atoms with Crippen LogP contribution in [0.2, 0.25) is 0 Å². The molecule has 0 aliphatic rings. The maximum Gasteiger partial charge on any atom is 0.472 e. The number of allylic oxidation sites excluding steroid dienone is 9. The van der Waals surface area contributed by atoms with E-state index >= 15 is 0 Å². The van der Waals surface area contributed by atoms with Crippen molar-refractivity contribution in [1.82, 2.24) is 5.32 Å². The molecule has 0 bridgehead atoms. The van der Waals surface area contributed by atoms with Gasteiger partial charge in [-0.05, 0) is 76.7 Å². The Balaban J connectivity index is 5.31. The van der Waals surface area contributed by atoms with Gasteiger partial charge in [-0.15, -0.1) is 0 Å². The average Bonchev–Trinajstić information content (AvgIpc) is 3.33. The molecule has 0 aliphatic heterocycles. The number of ether oxygens (including phenoxy) is 1. The second-order valence-electron chi connectivity index (χ2n) is 21.2. The number of phosphoric acid groups is 1. The molecule has 0 rings (SSSR count). The molecule has 3 atom stereocenters. The van der Waals surface area contributed by atoms with Gasteiger partial charge in [-0.1, -0.05) is 236 Å². The fraction of sp³-hybridized carbons (Fsp3) is 0.803. The number of hydrogen-bond donors (Lipinski definition) is 2. The Bertz CT molecular complexity index is 1400. The Morgan fingerprint density at radius 3 is 1.31 bits per heavy atom. The molecule has 3 unspecified atom stereocenters. The summed E-state index contributed by atoms with van der Waals surface area (Å²) in [5, 5.41) is 3.04. The van der Waals surface area contributed by atoms with E-state index in [0.717, 1.165) is 96.3 Å². The average molecular weight is 1020 g/mol. The molecule has 0 fully saturated rings. The monoisotopic (exact) mass is 1020 g/mol. The van der Waals surface area contributed by atoms with Crippen molar-refractivity contribution in [3.8, 4) is 0 Å². The first-order valence-electron chi connectivity index (χ1n) is 29.6. The number of carbonyl (C=O) groups excluding carboxylic acids is 2. The van der Waals surface area contributed by atoms with Crippen molar-refractivity contribution >= 4 is 19.7 Å². The van der Waals surface area contributed by atoms with E-state index < -0.39 is 20.0 Å². The number of carbonyl (C=O) groups is 2. The number of amides is 1. The largest absolute Gasteiger partial charge is 0.472 e. The first-order valence-corrected chi connectivity index (χ1v) is 31.1. The Kier molecular flexibility index (Phi) is 49.6. The SMILES string of the molecule is CCCCC/C=C\C/C=C\C/C=C\C/C=C\CCCCCCCC(=O)OC(/C=C\CCCCCCCCCCCCC)C(COP(=O)(O)OCC[N+](C)(C)C)NC(=O)CCCCCCCCCCCCC. The highest BCUT2D eigenvalue weighted by Crippen LogP contribution is 2.43. The lowest BCUT2D eigenvalue weighted by molar-refractivity contribution is -0.870. The topological polar surface area (TPSA) is 111 Å². The van der Waals surface area contributed by atoms with E-state index in [1.165, 1.54) is 135 Å². The van der Waals surface area contributed by atoms with Crippen molar-refractivity contribution in [3.63, 3.8) is 0 Å². The zero-order valence-corrected chi connectivity index (χ0v) is 48.1. The van der Waals surface area contributed by atoms with Crippen molar-refractivity contribution in [3.05, 3.63) is 60.8 Å². The number of nitrogens with one attached hydrogen (secondary N) is 1. The van der Waals surface area contributed by atoms with Crippen LogP contribution in [0, 0.1) is 0 Å². The summed E-state index contributed by atoms with van der Waals surface area (Å²) >= 11 is 0. The van der Waals surface area contributed by atoms with E-state index in [0.29, 0.717) is 17.4 Å². The Labute approximate surface area is 439 Å². The minimum absolute atomic E-state index is 0.0367. The van der Waals surface area contributed by atoms with E-state index in [1.54, 1.807) is 0 Å². The van der Waals surface area contributed by atoms with Gasteiger partial charge < -0.3 is 19.4 Å². The van der Waals surface area contributed by atoms with Gasteiger partial charge in [0, 0.05) is 12.8 Å². The summed E-state index contributed by atoms with van der Waals surface area (Å²) in [7, 11) is 1.49. The summed E-state index contributed by atoms with van der Waals surface area (Å²) in [6.07, 6.45) is 63.5. The lowest BCUT2D eigenvalue weighted by Gasteiger charge is -2.27. The summed E-state index contributed by atoms with van der Waals surface area (Å²) in [5.74, 6) is -0.523. The molecule has 2 N–H and O–H groups in total. The van der Waals surface area contributed by atoms with Crippen LogP contribution in [0.3, 0.4) is 0 Å². The minimum atomic E-state index is -4.45. The highest BCUT2D eigenvalue weighted by atomic mass is 31.2. The van der Waals surface area contributed by atoms with Gasteiger partial charge in [-0.3, -0.25) is 18.6 Å². The lowest BCUT2D eigenvalue weighted by Crippen LogP contribution is -2.47. The summed E-state index contributed by atoms with van der Waals surface area (Å²) in [4.78, 5) is 37.6. The molecule has 0 saturated heterocycles. The minimum Gasteiger partial charge on any atom is -0.456 e. The van der Waals surface area contributed by atoms with E-state index in [2.05, 4.69) is 74.7 Å². The predicted octanol–water partition coefficient (Wildman–Crippen LogP) is 17.9. The van der Waals surface area contributed by atoms with Crippen LogP contribution >= 0.6 is 7.82 Å². The molecule has 0 aromatic heterocycles. The Morgan fingerprint density at radius 2 is 0.859 bits per heavy atom. The third-order valence-electron chi connectivity index (χ3n) is 13.0. The van der Waals surface area contributed by atoms with Gasteiger partial charge in [0.05, 0.1) is 33.8 Å². The molecular weight excluding hydrogens is 904 g/mol. The molecular formula is C61H114N2O7P+. The van der Waals surface area contributed by atoms with E-state index in [1.807, 2.05) is 33.3 Å². The molecule has 0 radical (unpaired) electrons. The fourth-order valence-electron chi connectivity index (χ4n) is 8.33. The van der Waals surface area contributed by atoms with Gasteiger partial charge >= 0.3 is 13.8 Å². The zero-order valence-electron chi connectivity index (χ0n) is 47.2. The van der Waals surface area contributed by atoms with E-state index in [9.17, 15) is 19.0 Å². The Morgan fingerprint density at radius 1 is 0.493 bits per heavy atom. The van der Waals surface area contributed by atoms with Crippen molar-refractivity contribution in [1.29, 1.82) is 0 Å². The molecule has 0 heterocycles. The maximum absolute atomic E-state index is 13.5. The number of likely N-dealkylation sites (N-methyl/N-ethyl adjacent to an activating group) is 1. The number of rotatable bonds is 53. The number of hydrogen-bond acceptors (Lipinski definition) is 6. The van der Waals surface area contributed by atoms with Gasteiger partial charge in [0.15, 0.2) is 0 Å². The number of quaternary nitrogens is 1. The first-order chi connectivity index (χ1) is 34.4. The quantitative estimate of drug-likeness (QED) is 0.0205. The molecule has 10 heteroatoms. The van der Waals surface area contributed by atoms with Gasteiger partial charge in [0.25, 0.3) is 0 Å². The van der Waals surface area contributed by atoms with Crippen LogP contribution in [-0.4, -0.2) is 74.3 Å². The maximum atomic E-state index is 13.5. The van der Waals surface area contributed by atoms with Crippen LogP contribution in [0.4, 0.5) is 0 Å². The van der Waals surface area contributed by atoms with Crippen molar-refractivity contribution in [2.24, 2.45) is 0 Å². The molecule has 0 aromatic carbocycles. The molecule has 414 valence electrons. The molecule has 0 saturated carbocycles. The van der Waals surface area contributed by atoms with Crippen molar-refractivity contribution in [2.45, 2.75) is 277 Å². The number of phosphoric ester groups is 1. The summed E-state index contributed by atoms with van der Waals surface area (Å²) in [6.45, 7) is 6.97. The molecule has 9 nitrogen and oxygen atoms in total. The highest BCUT2D eigenvalue weighted by Gasteiger charge is 2.30. The van der Waals surface area contributed by atoms with E-state index in [-0.39, 0.29) is 31.5 Å². The Hall–Kier alpha value is -2.29. The van der Waals surface area contributed by atoms with Gasteiger partial charge in [0.1, 0.15) is 19.3 Å². The van der Waals surface area contributed by atoms with Crippen LogP contribution in [0.25, 0.3) is 0 Å². The second kappa shape index (κ2) is 51.2. The van der Waals surface area contributed by atoms with Gasteiger partial charge in [-0.2, -0.15) is 0 Å². The van der Waals surface area contributed by atoms with Crippen LogP contribution in [-0.2, 0) is 27.9 Å². The van der Waals surface area contributed by atoms with Crippen LogP contribution in [0.15, 0.2) is 60.8 Å². The van der Waals surface area contributed by atoms with Crippen LogP contribution in [0.1, 0.15) is 265 Å². The third kappa shape index (κ3) is 52.4. The lowest BCUT2D eigenvalue weighted by atomic mass is 10.0. The van der Waals surface area contributed by atoms with Gasteiger partial charge in [-0.25, -0.2) is 4.57 Å². The molecule has 0 spiro atoms. The fourth-order valence-corrected chi connectivity index (χ4v) is 9.07. The molecule has 1 amide bonds. The number of esters is 1. The number of unbranched alkanes of at least 4 members (excludes halogenated alkanes) is 29. The van der Waals surface area contributed by atoms with Crippen LogP contribution in [0.5, 0.6) is 0 Å². The smallest absolute Gasteiger partial charge is 0.456 e. The molecule has 71 heavy (non-hydrogen) atoms. The summed E-state index contributed by atoms with van der Waals surface area (Å²) in [5.41, 5.74) is 0. The molecule has 0 aliphatic carbocycles. The zero-order chi connectivity index (χ0) is 52.2. The van der Waals surface area contributed by atoms with E-state index in [4.69, 9.17) is 13.8 Å². The highest BCUT2D eigenvalue weighted by molar-refractivity contribution is 7.47. The first kappa shape index (κ1) is 68.7. The van der Waals surface area contributed by atoms with Gasteiger partial charge in [0.2, 0.25) is 5.91 Å². The normalized spacial score (nSPS) is 14.2. The van der Waals surface area contributed by atoms with Crippen LogP contribution < -0.4 is 5.32 Å². The van der Waals surface area contributed by atoms with Crippen molar-refractivity contribution in [2.75, 3.05) is 40.9 Å². The number of nitrogens with zero attached hydrogens (tertiary/aromatic N) is 1.